The molecule has 0 aliphatic rings. The molecule has 0 aliphatic carbocycles. The molecular formula is C47H27BF15P. The molecule has 7 rings (SSSR count). The second-order valence-corrected chi connectivity index (χ2v) is 18.1. The molecule has 0 N–H and O–H groups in total. The molecule has 0 fully saturated rings. The fraction of sp³-hybridized carbons (Fsp3) is 0.0638. The lowest BCUT2D eigenvalue weighted by Crippen LogP contribution is -2.72. The van der Waals surface area contributed by atoms with E-state index < -0.39 is 122 Å². The molecule has 328 valence electrons. The van der Waals surface area contributed by atoms with Gasteiger partial charge in [0.2, 0.25) is 0 Å². The van der Waals surface area contributed by atoms with Gasteiger partial charge in [-0.2, -0.15) is 5.98 Å². The normalized spacial score (nSPS) is 12.3. The van der Waals surface area contributed by atoms with Crippen molar-refractivity contribution >= 4 is 51.0 Å². The molecule has 0 saturated heterocycles. The van der Waals surface area contributed by atoms with E-state index in [1.54, 1.807) is 57.2 Å². The summed E-state index contributed by atoms with van der Waals surface area (Å²) in [6, 6.07) is 25.0. The monoisotopic (exact) mass is 918 g/mol. The van der Waals surface area contributed by atoms with E-state index in [-0.39, 0.29) is 27.5 Å². The van der Waals surface area contributed by atoms with Crippen LogP contribution < -0.4 is 32.3 Å². The topological polar surface area (TPSA) is 0 Å². The third kappa shape index (κ3) is 6.71. The lowest BCUT2D eigenvalue weighted by molar-refractivity contribution is 0.380. The highest BCUT2D eigenvalue weighted by molar-refractivity contribution is 8.03. The van der Waals surface area contributed by atoms with Crippen molar-refractivity contribution in [2.45, 2.75) is 20.8 Å². The van der Waals surface area contributed by atoms with Crippen LogP contribution in [0.2, 0.25) is 0 Å². The smallest absolute Gasteiger partial charge is 0.200 e. The Bertz CT molecular complexity index is 2690. The second kappa shape index (κ2) is 17.0. The van der Waals surface area contributed by atoms with E-state index >= 15 is 52.7 Å². The summed E-state index contributed by atoms with van der Waals surface area (Å²) in [5.41, 5.74) is -7.28. The van der Waals surface area contributed by atoms with Gasteiger partial charge >= 0.3 is 0 Å². The van der Waals surface area contributed by atoms with Gasteiger partial charge in [0.15, 0.2) is 52.4 Å². The molecule has 0 nitrogen and oxygen atoms in total. The number of hydrogen-bond acceptors (Lipinski definition) is 0. The SMILES string of the molecule is Cc1ccccc1[P+](/C(=C/[B-](c1c(F)c(F)c(F)c(F)c1F)(c1c(F)c(F)c(F)c(F)c1F)c1c(F)c(F)c(F)c(F)c1F)c1ccccc1)(c1ccccc1C)c1ccccc1C. The third-order valence-corrected chi connectivity index (χ3v) is 16.2. The molecule has 0 heterocycles. The average Bonchev–Trinajstić information content (AvgIpc) is 3.29. The molecule has 0 unspecified atom stereocenters. The van der Waals surface area contributed by atoms with Crippen molar-refractivity contribution in [3.05, 3.63) is 219 Å². The van der Waals surface area contributed by atoms with Crippen molar-refractivity contribution < 1.29 is 65.9 Å². The Hall–Kier alpha value is -6.28. The summed E-state index contributed by atoms with van der Waals surface area (Å²) in [5, 5.41) is 0.0877. The maximum Gasteiger partial charge on any atom is 0.200 e. The highest BCUT2D eigenvalue weighted by Crippen LogP contribution is 2.68. The summed E-state index contributed by atoms with van der Waals surface area (Å²) in [6.45, 7) is 4.71. The summed E-state index contributed by atoms with van der Waals surface area (Å²) in [4.78, 5) is 0. The van der Waals surface area contributed by atoms with Crippen LogP contribution in [0.15, 0.2) is 109 Å². The van der Waals surface area contributed by atoms with E-state index in [1.807, 2.05) is 0 Å². The van der Waals surface area contributed by atoms with Crippen molar-refractivity contribution in [3.63, 3.8) is 0 Å². The third-order valence-electron chi connectivity index (χ3n) is 11.4. The van der Waals surface area contributed by atoms with Gasteiger partial charge in [-0.25, -0.2) is 65.9 Å². The van der Waals surface area contributed by atoms with Gasteiger partial charge in [-0.3, -0.25) is 0 Å². The average molecular weight is 918 g/mol. The first-order chi connectivity index (χ1) is 30.3. The van der Waals surface area contributed by atoms with Crippen LogP contribution in [0, 0.1) is 108 Å². The van der Waals surface area contributed by atoms with Crippen molar-refractivity contribution in [1.82, 2.24) is 0 Å². The minimum Gasteiger partial charge on any atom is -0.207 e. The Kier molecular flexibility index (Phi) is 12.2. The van der Waals surface area contributed by atoms with Crippen LogP contribution in [0.25, 0.3) is 5.31 Å². The molecule has 7 aromatic rings. The van der Waals surface area contributed by atoms with Crippen molar-refractivity contribution in [1.29, 1.82) is 0 Å². The summed E-state index contributed by atoms with van der Waals surface area (Å²) in [7, 11) is -4.29. The molecule has 17 heteroatoms. The molecule has 0 atom stereocenters. The Morgan fingerprint density at radius 3 is 0.828 bits per heavy atom. The van der Waals surface area contributed by atoms with Crippen LogP contribution in [0.3, 0.4) is 0 Å². The summed E-state index contributed by atoms with van der Waals surface area (Å²) >= 11 is 0. The number of hydrogen-bond donors (Lipinski definition) is 0. The van der Waals surface area contributed by atoms with E-state index in [2.05, 4.69) is 0 Å². The zero-order valence-electron chi connectivity index (χ0n) is 33.1. The number of halogens is 15. The van der Waals surface area contributed by atoms with E-state index in [4.69, 9.17) is 0 Å². The first kappa shape index (κ1) is 45.7. The zero-order valence-corrected chi connectivity index (χ0v) is 34.0. The molecule has 0 radical (unpaired) electrons. The Balaban J connectivity index is 2.00. The lowest BCUT2D eigenvalue weighted by atomic mass is 9.15. The number of aryl methyl sites for hydroxylation is 3. The fourth-order valence-electron chi connectivity index (χ4n) is 8.59. The summed E-state index contributed by atoms with van der Waals surface area (Å²) in [6.07, 6.45) is -6.12. The van der Waals surface area contributed by atoms with Gasteiger partial charge in [0.25, 0.3) is 0 Å². The number of benzene rings is 7. The number of rotatable bonds is 9. The van der Waals surface area contributed by atoms with Gasteiger partial charge in [-0.05, 0) is 55.7 Å². The largest absolute Gasteiger partial charge is 0.207 e. The van der Waals surface area contributed by atoms with E-state index in [0.717, 1.165) is 0 Å². The van der Waals surface area contributed by atoms with Crippen molar-refractivity contribution in [2.24, 2.45) is 0 Å². The first-order valence-electron chi connectivity index (χ1n) is 18.9. The molecule has 0 spiro atoms. The van der Waals surface area contributed by atoms with Gasteiger partial charge in [0, 0.05) is 5.56 Å². The van der Waals surface area contributed by atoms with Gasteiger partial charge in [0.1, 0.15) is 64.2 Å². The molecule has 0 aliphatic heterocycles. The van der Waals surface area contributed by atoms with E-state index in [9.17, 15) is 13.2 Å². The lowest BCUT2D eigenvalue weighted by Gasteiger charge is -2.43. The van der Waals surface area contributed by atoms with Crippen LogP contribution in [0.1, 0.15) is 22.3 Å². The Morgan fingerprint density at radius 1 is 0.328 bits per heavy atom. The molecule has 0 amide bonds. The van der Waals surface area contributed by atoms with Gasteiger partial charge in [-0.15, -0.1) is 16.4 Å². The first-order valence-corrected chi connectivity index (χ1v) is 20.6. The van der Waals surface area contributed by atoms with Gasteiger partial charge in [0.05, 0.1) is 5.31 Å². The second-order valence-electron chi connectivity index (χ2n) is 14.8. The predicted octanol–water partition coefficient (Wildman–Crippen LogP) is 10.7. The van der Waals surface area contributed by atoms with Gasteiger partial charge < -0.3 is 0 Å². The summed E-state index contributed by atoms with van der Waals surface area (Å²) in [5.74, 6) is -45.8. The Labute approximate surface area is 355 Å². The highest BCUT2D eigenvalue weighted by atomic mass is 31.2. The van der Waals surface area contributed by atoms with Crippen molar-refractivity contribution in [2.75, 3.05) is 0 Å². The van der Waals surface area contributed by atoms with Crippen LogP contribution in [-0.2, 0) is 0 Å². The molecule has 0 saturated carbocycles. The van der Waals surface area contributed by atoms with Crippen LogP contribution >= 0.6 is 7.26 Å². The fourth-order valence-corrected chi connectivity index (χ4v) is 13.9. The predicted molar refractivity (Wildman–Crippen MR) is 217 cm³/mol. The minimum absolute atomic E-state index is 0.142. The van der Waals surface area contributed by atoms with Crippen LogP contribution in [0.5, 0.6) is 0 Å². The quantitative estimate of drug-likeness (QED) is 0.0445. The van der Waals surface area contributed by atoms with E-state index in [0.29, 0.717) is 16.7 Å². The molecule has 0 aromatic heterocycles. The summed E-state index contributed by atoms with van der Waals surface area (Å²) < 4.78 is 241. The van der Waals surface area contributed by atoms with Gasteiger partial charge in [-0.1, -0.05) is 84.9 Å². The zero-order chi connectivity index (χ0) is 46.7. The van der Waals surface area contributed by atoms with E-state index in [1.165, 1.54) is 66.7 Å². The van der Waals surface area contributed by atoms with Crippen molar-refractivity contribution in [3.8, 4) is 0 Å². The maximum atomic E-state index is 16.9. The molecular weight excluding hydrogens is 891 g/mol. The van der Waals surface area contributed by atoms with Crippen LogP contribution in [0.4, 0.5) is 65.9 Å². The van der Waals surface area contributed by atoms with Crippen LogP contribution in [-0.4, -0.2) is 6.15 Å². The minimum atomic E-state index is -6.12. The molecule has 0 bridgehead atoms. The standard InChI is InChI=1S/C47H27BF15P/c1-22-13-7-10-18-26(22)64(27-19-11-8-14-23(27)2,28-20-12-9-15-24(28)3)29(25-16-5-4-6-17-25)21-48(30-33(49)39(55)45(61)40(56)34(30)50,31-35(51)41(57)46(62)42(58)36(31)52)32-37(53)43(59)47(63)44(60)38(32)54/h4-21H,1-3H3/b29-21+. The molecule has 7 aromatic carbocycles. The Morgan fingerprint density at radius 2 is 0.562 bits per heavy atom. The molecule has 64 heavy (non-hydrogen) atoms. The maximum absolute atomic E-state index is 16.9. The highest BCUT2D eigenvalue weighted by Gasteiger charge is 2.55.